The summed E-state index contributed by atoms with van der Waals surface area (Å²) in [6.45, 7) is 8.93. The fourth-order valence-corrected chi connectivity index (χ4v) is 2.74. The summed E-state index contributed by atoms with van der Waals surface area (Å²) in [6.07, 6.45) is 8.53. The molecule has 0 atom stereocenters. The molecule has 108 valence electrons. The van der Waals surface area contributed by atoms with E-state index in [1.54, 1.807) is 0 Å². The fraction of sp³-hybridized carbons (Fsp3) is 0.812. The minimum atomic E-state index is 0.810. The van der Waals surface area contributed by atoms with Gasteiger partial charge in [-0.2, -0.15) is 5.10 Å². The SMILES string of the molecule is CCCCn1nc(CC)c(CCNC2CC2)c1CC. The Morgan fingerprint density at radius 2 is 2.00 bits per heavy atom. The molecule has 3 nitrogen and oxygen atoms in total. The monoisotopic (exact) mass is 263 g/mol. The molecule has 0 bridgehead atoms. The van der Waals surface area contributed by atoms with Gasteiger partial charge in [0.15, 0.2) is 0 Å². The van der Waals surface area contributed by atoms with Crippen molar-refractivity contribution in [2.45, 2.75) is 78.3 Å². The summed E-state index contributed by atoms with van der Waals surface area (Å²) in [5, 5.41) is 8.46. The topological polar surface area (TPSA) is 29.9 Å². The first-order chi connectivity index (χ1) is 9.30. The van der Waals surface area contributed by atoms with Crippen LogP contribution < -0.4 is 5.32 Å². The Morgan fingerprint density at radius 1 is 1.21 bits per heavy atom. The molecule has 19 heavy (non-hydrogen) atoms. The summed E-state index contributed by atoms with van der Waals surface area (Å²) >= 11 is 0. The number of unbranched alkanes of at least 4 members (excludes halogenated alkanes) is 1. The fourth-order valence-electron chi connectivity index (χ4n) is 2.74. The van der Waals surface area contributed by atoms with Gasteiger partial charge in [-0.05, 0) is 50.6 Å². The molecule has 0 unspecified atom stereocenters. The molecule has 1 heterocycles. The number of hydrogen-bond donors (Lipinski definition) is 1. The van der Waals surface area contributed by atoms with Gasteiger partial charge in [0.2, 0.25) is 0 Å². The lowest BCUT2D eigenvalue weighted by Gasteiger charge is -2.08. The molecule has 0 aromatic carbocycles. The van der Waals surface area contributed by atoms with Crippen LogP contribution in [0.25, 0.3) is 0 Å². The van der Waals surface area contributed by atoms with Crippen molar-refractivity contribution in [3.63, 3.8) is 0 Å². The van der Waals surface area contributed by atoms with Crippen molar-refractivity contribution in [1.29, 1.82) is 0 Å². The van der Waals surface area contributed by atoms with E-state index in [1.807, 2.05) is 0 Å². The van der Waals surface area contributed by atoms with E-state index in [-0.39, 0.29) is 0 Å². The third-order valence-corrected chi connectivity index (χ3v) is 4.03. The second-order valence-corrected chi connectivity index (χ2v) is 5.63. The van der Waals surface area contributed by atoms with E-state index >= 15 is 0 Å². The van der Waals surface area contributed by atoms with Crippen LogP contribution in [0.4, 0.5) is 0 Å². The zero-order chi connectivity index (χ0) is 13.7. The minimum Gasteiger partial charge on any atom is -0.314 e. The number of nitrogens with zero attached hydrogens (tertiary/aromatic N) is 2. The first kappa shape index (κ1) is 14.6. The number of rotatable bonds is 9. The van der Waals surface area contributed by atoms with Crippen LogP contribution in [0.15, 0.2) is 0 Å². The van der Waals surface area contributed by atoms with Crippen molar-refractivity contribution in [1.82, 2.24) is 15.1 Å². The highest BCUT2D eigenvalue weighted by atomic mass is 15.3. The summed E-state index contributed by atoms with van der Waals surface area (Å²) < 4.78 is 2.27. The Bertz CT molecular complexity index is 391. The van der Waals surface area contributed by atoms with E-state index in [1.165, 1.54) is 42.6 Å². The molecule has 0 spiro atoms. The Kier molecular flexibility index (Phi) is 5.44. The van der Waals surface area contributed by atoms with Crippen LogP contribution in [0, 0.1) is 0 Å². The van der Waals surface area contributed by atoms with Crippen LogP contribution in [0.2, 0.25) is 0 Å². The summed E-state index contributed by atoms with van der Waals surface area (Å²) in [5.41, 5.74) is 4.32. The van der Waals surface area contributed by atoms with Crippen LogP contribution in [0.1, 0.15) is 63.4 Å². The van der Waals surface area contributed by atoms with Crippen molar-refractivity contribution in [2.75, 3.05) is 6.54 Å². The number of hydrogen-bond acceptors (Lipinski definition) is 2. The van der Waals surface area contributed by atoms with E-state index in [2.05, 4.69) is 30.8 Å². The lowest BCUT2D eigenvalue weighted by Crippen LogP contribution is -2.20. The zero-order valence-electron chi connectivity index (χ0n) is 12.8. The second-order valence-electron chi connectivity index (χ2n) is 5.63. The third-order valence-electron chi connectivity index (χ3n) is 4.03. The smallest absolute Gasteiger partial charge is 0.0657 e. The highest BCUT2D eigenvalue weighted by Crippen LogP contribution is 2.20. The average molecular weight is 263 g/mol. The molecule has 2 rings (SSSR count). The largest absolute Gasteiger partial charge is 0.314 e. The molecular formula is C16H29N3. The Morgan fingerprint density at radius 3 is 2.58 bits per heavy atom. The van der Waals surface area contributed by atoms with Gasteiger partial charge in [-0.1, -0.05) is 27.2 Å². The lowest BCUT2D eigenvalue weighted by atomic mass is 10.1. The predicted molar refractivity (Wildman–Crippen MR) is 80.6 cm³/mol. The van der Waals surface area contributed by atoms with Gasteiger partial charge in [0.1, 0.15) is 0 Å². The van der Waals surface area contributed by atoms with E-state index in [0.717, 1.165) is 38.4 Å². The van der Waals surface area contributed by atoms with Crippen molar-refractivity contribution >= 4 is 0 Å². The van der Waals surface area contributed by atoms with Crippen LogP contribution in [-0.2, 0) is 25.8 Å². The molecule has 0 radical (unpaired) electrons. The summed E-state index contributed by atoms with van der Waals surface area (Å²) in [7, 11) is 0. The Labute approximate surface area is 117 Å². The molecule has 1 fully saturated rings. The van der Waals surface area contributed by atoms with Gasteiger partial charge in [0.05, 0.1) is 5.69 Å². The van der Waals surface area contributed by atoms with Gasteiger partial charge in [0, 0.05) is 18.3 Å². The van der Waals surface area contributed by atoms with Crippen LogP contribution in [0.5, 0.6) is 0 Å². The quantitative estimate of drug-likeness (QED) is 0.742. The maximum atomic E-state index is 4.84. The maximum Gasteiger partial charge on any atom is 0.0657 e. The summed E-state index contributed by atoms with van der Waals surface area (Å²) in [5.74, 6) is 0. The van der Waals surface area contributed by atoms with Gasteiger partial charge in [-0.15, -0.1) is 0 Å². The minimum absolute atomic E-state index is 0.810. The number of aromatic nitrogens is 2. The maximum absolute atomic E-state index is 4.84. The molecule has 1 aromatic heterocycles. The van der Waals surface area contributed by atoms with Gasteiger partial charge < -0.3 is 5.32 Å². The van der Waals surface area contributed by atoms with Crippen molar-refractivity contribution in [3.05, 3.63) is 17.0 Å². The molecule has 1 saturated carbocycles. The van der Waals surface area contributed by atoms with Crippen molar-refractivity contribution in [2.24, 2.45) is 0 Å². The number of aryl methyl sites for hydroxylation is 2. The molecular weight excluding hydrogens is 234 g/mol. The molecule has 1 N–H and O–H groups in total. The highest BCUT2D eigenvalue weighted by molar-refractivity contribution is 5.27. The molecule has 1 aliphatic rings. The standard InChI is InChI=1S/C16H29N3/c1-4-7-12-19-16(6-3)14(15(5-2)18-19)10-11-17-13-8-9-13/h13,17H,4-12H2,1-3H3. The lowest BCUT2D eigenvalue weighted by molar-refractivity contribution is 0.545. The summed E-state index contributed by atoms with van der Waals surface area (Å²) in [4.78, 5) is 0. The average Bonchev–Trinajstić information content (AvgIpc) is 3.18. The van der Waals surface area contributed by atoms with Gasteiger partial charge in [-0.3, -0.25) is 4.68 Å². The third kappa shape index (κ3) is 3.82. The first-order valence-corrected chi connectivity index (χ1v) is 8.10. The van der Waals surface area contributed by atoms with Gasteiger partial charge in [0.25, 0.3) is 0 Å². The van der Waals surface area contributed by atoms with Gasteiger partial charge >= 0.3 is 0 Å². The molecule has 0 amide bonds. The first-order valence-electron chi connectivity index (χ1n) is 8.10. The molecule has 0 aliphatic heterocycles. The van der Waals surface area contributed by atoms with E-state index in [0.29, 0.717) is 0 Å². The molecule has 3 heteroatoms. The van der Waals surface area contributed by atoms with E-state index in [4.69, 9.17) is 5.10 Å². The van der Waals surface area contributed by atoms with Crippen LogP contribution in [-0.4, -0.2) is 22.4 Å². The van der Waals surface area contributed by atoms with Gasteiger partial charge in [-0.25, -0.2) is 0 Å². The Hall–Kier alpha value is -0.830. The zero-order valence-corrected chi connectivity index (χ0v) is 12.8. The molecule has 1 aliphatic carbocycles. The van der Waals surface area contributed by atoms with Crippen molar-refractivity contribution in [3.8, 4) is 0 Å². The van der Waals surface area contributed by atoms with Crippen LogP contribution in [0.3, 0.4) is 0 Å². The normalized spacial score (nSPS) is 15.1. The van der Waals surface area contributed by atoms with Crippen molar-refractivity contribution < 1.29 is 0 Å². The van der Waals surface area contributed by atoms with E-state index < -0.39 is 0 Å². The molecule has 1 aromatic rings. The number of nitrogens with one attached hydrogen (secondary N) is 1. The van der Waals surface area contributed by atoms with Crippen LogP contribution >= 0.6 is 0 Å². The Balaban J connectivity index is 2.05. The highest BCUT2D eigenvalue weighted by Gasteiger charge is 2.21. The second kappa shape index (κ2) is 7.09. The summed E-state index contributed by atoms with van der Waals surface area (Å²) in [6, 6.07) is 0.810. The van der Waals surface area contributed by atoms with E-state index in [9.17, 15) is 0 Å². The molecule has 0 saturated heterocycles. The predicted octanol–water partition coefficient (Wildman–Crippen LogP) is 3.10.